The van der Waals surface area contributed by atoms with E-state index >= 15 is 0 Å². The SMILES string of the molecule is Cc1nn(CC(C)C)c(C)c1CCC(=O)OCc1nc(-c2ccc(F)cc2)no1. The lowest BCUT2D eigenvalue weighted by molar-refractivity contribution is -0.145. The molecule has 2 heterocycles. The number of hydrogen-bond donors (Lipinski definition) is 0. The summed E-state index contributed by atoms with van der Waals surface area (Å²) >= 11 is 0. The first-order valence-electron chi connectivity index (χ1n) is 9.60. The van der Waals surface area contributed by atoms with Crippen molar-refractivity contribution in [2.45, 2.75) is 53.7 Å². The lowest BCUT2D eigenvalue weighted by atomic mass is 10.1. The zero-order valence-corrected chi connectivity index (χ0v) is 17.1. The van der Waals surface area contributed by atoms with Crippen LogP contribution >= 0.6 is 0 Å². The van der Waals surface area contributed by atoms with E-state index in [1.54, 1.807) is 12.1 Å². The third-order valence-corrected chi connectivity index (χ3v) is 4.58. The Hall–Kier alpha value is -3.03. The highest BCUT2D eigenvalue weighted by molar-refractivity contribution is 5.69. The van der Waals surface area contributed by atoms with Gasteiger partial charge in [-0.1, -0.05) is 19.0 Å². The van der Waals surface area contributed by atoms with Gasteiger partial charge in [0.25, 0.3) is 5.89 Å². The van der Waals surface area contributed by atoms with Crippen molar-refractivity contribution < 1.29 is 18.4 Å². The number of carbonyl (C=O) groups excluding carboxylic acids is 1. The lowest BCUT2D eigenvalue weighted by Crippen LogP contribution is -2.09. The standard InChI is InChI=1S/C21H25FN4O3/c1-13(2)11-26-15(4)18(14(3)24-26)9-10-20(27)28-12-19-23-21(25-29-19)16-5-7-17(22)8-6-16/h5-8,13H,9-12H2,1-4H3. The molecule has 0 saturated carbocycles. The van der Waals surface area contributed by atoms with Crippen molar-refractivity contribution >= 4 is 5.97 Å². The minimum absolute atomic E-state index is 0.0996. The van der Waals surface area contributed by atoms with Gasteiger partial charge in [-0.25, -0.2) is 4.39 Å². The van der Waals surface area contributed by atoms with Crippen LogP contribution in [0, 0.1) is 25.6 Å². The Morgan fingerprint density at radius 1 is 1.24 bits per heavy atom. The van der Waals surface area contributed by atoms with Gasteiger partial charge in [-0.05, 0) is 56.0 Å². The molecule has 0 unspecified atom stereocenters. The molecule has 8 heteroatoms. The van der Waals surface area contributed by atoms with Crippen LogP contribution in [0.4, 0.5) is 4.39 Å². The highest BCUT2D eigenvalue weighted by Gasteiger charge is 2.15. The van der Waals surface area contributed by atoms with Gasteiger partial charge in [0.05, 0.1) is 5.69 Å². The zero-order valence-electron chi connectivity index (χ0n) is 17.1. The first kappa shape index (κ1) is 20.7. The van der Waals surface area contributed by atoms with E-state index in [1.807, 2.05) is 18.5 Å². The maximum absolute atomic E-state index is 13.0. The molecule has 2 aromatic heterocycles. The molecular weight excluding hydrogens is 375 g/mol. The largest absolute Gasteiger partial charge is 0.456 e. The van der Waals surface area contributed by atoms with Gasteiger partial charge in [0.1, 0.15) is 5.82 Å². The summed E-state index contributed by atoms with van der Waals surface area (Å²) in [7, 11) is 0. The van der Waals surface area contributed by atoms with Crippen molar-refractivity contribution in [3.05, 3.63) is 52.9 Å². The third-order valence-electron chi connectivity index (χ3n) is 4.58. The number of rotatable bonds is 8. The minimum Gasteiger partial charge on any atom is -0.456 e. The lowest BCUT2D eigenvalue weighted by Gasteiger charge is -2.08. The molecule has 0 amide bonds. The quantitative estimate of drug-likeness (QED) is 0.531. The van der Waals surface area contributed by atoms with E-state index in [0.29, 0.717) is 23.7 Å². The third kappa shape index (κ3) is 5.28. The van der Waals surface area contributed by atoms with E-state index in [2.05, 4.69) is 29.1 Å². The second-order valence-corrected chi connectivity index (χ2v) is 7.40. The molecule has 1 aromatic carbocycles. The molecule has 0 aliphatic carbocycles. The van der Waals surface area contributed by atoms with Crippen LogP contribution < -0.4 is 0 Å². The van der Waals surface area contributed by atoms with Crippen molar-refractivity contribution in [3.63, 3.8) is 0 Å². The number of ether oxygens (including phenoxy) is 1. The Bertz CT molecular complexity index is 976. The molecule has 154 valence electrons. The van der Waals surface area contributed by atoms with Gasteiger partial charge in [-0.15, -0.1) is 0 Å². The number of aryl methyl sites for hydroxylation is 1. The fraction of sp³-hybridized carbons (Fsp3) is 0.429. The summed E-state index contributed by atoms with van der Waals surface area (Å²) in [6.45, 7) is 9.03. The van der Waals surface area contributed by atoms with Crippen LogP contribution in [0.1, 0.15) is 43.1 Å². The van der Waals surface area contributed by atoms with Gasteiger partial charge in [0.2, 0.25) is 5.82 Å². The second kappa shape index (κ2) is 8.98. The molecule has 3 rings (SSSR count). The molecule has 29 heavy (non-hydrogen) atoms. The van der Waals surface area contributed by atoms with Gasteiger partial charge in [0.15, 0.2) is 6.61 Å². The average molecular weight is 400 g/mol. The first-order valence-corrected chi connectivity index (χ1v) is 9.60. The molecule has 3 aromatic rings. The highest BCUT2D eigenvalue weighted by Crippen LogP contribution is 2.18. The van der Waals surface area contributed by atoms with Crippen molar-refractivity contribution in [2.24, 2.45) is 5.92 Å². The molecule has 7 nitrogen and oxygen atoms in total. The van der Waals surface area contributed by atoms with E-state index < -0.39 is 0 Å². The van der Waals surface area contributed by atoms with Crippen LogP contribution in [-0.2, 0) is 29.1 Å². The predicted molar refractivity (Wildman–Crippen MR) is 104 cm³/mol. The van der Waals surface area contributed by atoms with E-state index in [9.17, 15) is 9.18 Å². The Morgan fingerprint density at radius 2 is 1.97 bits per heavy atom. The summed E-state index contributed by atoms with van der Waals surface area (Å²) in [6.07, 6.45) is 0.813. The molecule has 0 fully saturated rings. The molecular formula is C21H25FN4O3. The van der Waals surface area contributed by atoms with Crippen molar-refractivity contribution in [1.82, 2.24) is 19.9 Å². The number of halogens is 1. The van der Waals surface area contributed by atoms with Crippen LogP contribution in [-0.4, -0.2) is 25.9 Å². The Labute approximate surface area is 168 Å². The van der Waals surface area contributed by atoms with Gasteiger partial charge in [-0.2, -0.15) is 10.1 Å². The van der Waals surface area contributed by atoms with E-state index in [1.165, 1.54) is 12.1 Å². The van der Waals surface area contributed by atoms with Crippen molar-refractivity contribution in [1.29, 1.82) is 0 Å². The van der Waals surface area contributed by atoms with Crippen LogP contribution in [0.5, 0.6) is 0 Å². The molecule has 0 atom stereocenters. The molecule has 0 radical (unpaired) electrons. The topological polar surface area (TPSA) is 83.0 Å². The van der Waals surface area contributed by atoms with E-state index in [0.717, 1.165) is 23.5 Å². The van der Waals surface area contributed by atoms with Gasteiger partial charge < -0.3 is 9.26 Å². The Balaban J connectivity index is 1.52. The van der Waals surface area contributed by atoms with Crippen molar-refractivity contribution in [2.75, 3.05) is 0 Å². The van der Waals surface area contributed by atoms with Gasteiger partial charge in [-0.3, -0.25) is 9.48 Å². The number of hydrogen-bond acceptors (Lipinski definition) is 6. The number of nitrogens with zero attached hydrogens (tertiary/aromatic N) is 4. The Kier molecular flexibility index (Phi) is 6.41. The molecule has 0 aliphatic heterocycles. The summed E-state index contributed by atoms with van der Waals surface area (Å²) in [5, 5.41) is 8.39. The minimum atomic E-state index is -0.345. The normalized spacial score (nSPS) is 11.2. The molecule has 0 aliphatic rings. The second-order valence-electron chi connectivity index (χ2n) is 7.40. The fourth-order valence-electron chi connectivity index (χ4n) is 3.09. The smallest absolute Gasteiger partial charge is 0.306 e. The van der Waals surface area contributed by atoms with Crippen LogP contribution in [0.2, 0.25) is 0 Å². The summed E-state index contributed by atoms with van der Waals surface area (Å²) in [5.74, 6) is 0.322. The Morgan fingerprint density at radius 3 is 2.66 bits per heavy atom. The van der Waals surface area contributed by atoms with Crippen LogP contribution in [0.3, 0.4) is 0 Å². The summed E-state index contributed by atoms with van der Waals surface area (Å²) in [4.78, 5) is 16.3. The van der Waals surface area contributed by atoms with Gasteiger partial charge in [0, 0.05) is 24.2 Å². The van der Waals surface area contributed by atoms with Crippen LogP contribution in [0.25, 0.3) is 11.4 Å². The maximum atomic E-state index is 13.0. The molecule has 0 N–H and O–H groups in total. The van der Waals surface area contributed by atoms with E-state index in [-0.39, 0.29) is 30.7 Å². The predicted octanol–water partition coefficient (Wildman–Crippen LogP) is 4.02. The summed E-state index contributed by atoms with van der Waals surface area (Å²) in [6, 6.07) is 5.75. The fourth-order valence-corrected chi connectivity index (χ4v) is 3.09. The first-order chi connectivity index (χ1) is 13.8. The maximum Gasteiger partial charge on any atom is 0.306 e. The number of aromatic nitrogens is 4. The molecule has 0 spiro atoms. The monoisotopic (exact) mass is 400 g/mol. The summed E-state index contributed by atoms with van der Waals surface area (Å²) < 4.78 is 25.3. The molecule has 0 saturated heterocycles. The number of esters is 1. The van der Waals surface area contributed by atoms with Crippen molar-refractivity contribution in [3.8, 4) is 11.4 Å². The number of benzene rings is 1. The van der Waals surface area contributed by atoms with Gasteiger partial charge >= 0.3 is 5.97 Å². The number of carbonyl (C=O) groups is 1. The summed E-state index contributed by atoms with van der Waals surface area (Å²) in [5.41, 5.74) is 3.73. The van der Waals surface area contributed by atoms with Crippen LogP contribution in [0.15, 0.2) is 28.8 Å². The average Bonchev–Trinajstić information content (AvgIpc) is 3.24. The molecule has 0 bridgehead atoms. The highest BCUT2D eigenvalue weighted by atomic mass is 19.1. The van der Waals surface area contributed by atoms with E-state index in [4.69, 9.17) is 9.26 Å². The zero-order chi connectivity index (χ0) is 21.0.